The first-order valence-electron chi connectivity index (χ1n) is 9.05. The summed E-state index contributed by atoms with van der Waals surface area (Å²) >= 11 is 0. The molecule has 0 aliphatic carbocycles. The van der Waals surface area contributed by atoms with Crippen molar-refractivity contribution in [2.45, 2.75) is 6.04 Å². The molecule has 1 unspecified atom stereocenters. The van der Waals surface area contributed by atoms with Gasteiger partial charge in [-0.15, -0.1) is 0 Å². The quantitative estimate of drug-likeness (QED) is 0.582. The molecule has 0 aliphatic rings. The maximum absolute atomic E-state index is 13.3. The van der Waals surface area contributed by atoms with Gasteiger partial charge in [-0.25, -0.2) is 4.98 Å². The molecule has 28 heavy (non-hydrogen) atoms. The van der Waals surface area contributed by atoms with Gasteiger partial charge < -0.3 is 19.2 Å². The van der Waals surface area contributed by atoms with Gasteiger partial charge in [0.2, 0.25) is 0 Å². The van der Waals surface area contributed by atoms with Crippen LogP contribution in [-0.2, 0) is 14.1 Å². The lowest BCUT2D eigenvalue weighted by molar-refractivity contribution is 0.0942. The standard InChI is InChI=1S/C22H22N4O2/c1-25-13-12-23-21(25)20(16-9-5-7-11-19(16)28-3)24-22(27)17-14-26(2)18-10-6-4-8-15(17)18/h4-14,20H,1-3H3,(H,24,27). The number of rotatable bonds is 5. The molecule has 4 aromatic rings. The van der Waals surface area contributed by atoms with Gasteiger partial charge in [-0.3, -0.25) is 4.79 Å². The van der Waals surface area contributed by atoms with E-state index in [0.29, 0.717) is 11.3 Å². The van der Waals surface area contributed by atoms with Gasteiger partial charge in [0.15, 0.2) is 0 Å². The number of imidazole rings is 1. The van der Waals surface area contributed by atoms with Crippen LogP contribution in [0.4, 0.5) is 0 Å². The molecule has 6 nitrogen and oxygen atoms in total. The molecule has 1 N–H and O–H groups in total. The van der Waals surface area contributed by atoms with Crippen molar-refractivity contribution in [3.05, 3.63) is 84.1 Å². The third kappa shape index (κ3) is 3.03. The highest BCUT2D eigenvalue weighted by Crippen LogP contribution is 2.30. The Morgan fingerprint density at radius 2 is 1.82 bits per heavy atom. The maximum Gasteiger partial charge on any atom is 0.254 e. The molecule has 0 radical (unpaired) electrons. The predicted molar refractivity (Wildman–Crippen MR) is 108 cm³/mol. The van der Waals surface area contributed by atoms with E-state index in [1.54, 1.807) is 13.3 Å². The van der Waals surface area contributed by atoms with Gasteiger partial charge in [0.25, 0.3) is 5.91 Å². The lowest BCUT2D eigenvalue weighted by Crippen LogP contribution is -2.31. The minimum absolute atomic E-state index is 0.157. The van der Waals surface area contributed by atoms with Crippen molar-refractivity contribution in [3.8, 4) is 5.75 Å². The molecule has 1 amide bonds. The van der Waals surface area contributed by atoms with Crippen molar-refractivity contribution < 1.29 is 9.53 Å². The maximum atomic E-state index is 13.3. The molecule has 2 aromatic carbocycles. The summed E-state index contributed by atoms with van der Waals surface area (Å²) in [6.07, 6.45) is 5.45. The summed E-state index contributed by atoms with van der Waals surface area (Å²) in [4.78, 5) is 17.7. The van der Waals surface area contributed by atoms with Crippen LogP contribution in [0.25, 0.3) is 10.9 Å². The van der Waals surface area contributed by atoms with Crippen LogP contribution < -0.4 is 10.1 Å². The number of hydrogen-bond acceptors (Lipinski definition) is 3. The molecule has 0 saturated heterocycles. The molecule has 0 aliphatic heterocycles. The molecule has 6 heteroatoms. The van der Waals surface area contributed by atoms with E-state index in [4.69, 9.17) is 4.74 Å². The predicted octanol–water partition coefficient (Wildman–Crippen LogP) is 3.44. The molecule has 0 bridgehead atoms. The van der Waals surface area contributed by atoms with Crippen LogP contribution in [0, 0.1) is 0 Å². The molecule has 0 fully saturated rings. The number of hydrogen-bond donors (Lipinski definition) is 1. The third-order valence-electron chi connectivity index (χ3n) is 4.98. The SMILES string of the molecule is COc1ccccc1C(NC(=O)c1cn(C)c2ccccc12)c1nccn1C. The molecule has 2 heterocycles. The molecule has 142 valence electrons. The molecule has 4 rings (SSSR count). The summed E-state index contributed by atoms with van der Waals surface area (Å²) in [6.45, 7) is 0. The van der Waals surface area contributed by atoms with Crippen molar-refractivity contribution in [2.24, 2.45) is 14.1 Å². The highest BCUT2D eigenvalue weighted by Gasteiger charge is 2.25. The van der Waals surface area contributed by atoms with E-state index in [1.165, 1.54) is 0 Å². The minimum Gasteiger partial charge on any atom is -0.496 e. The van der Waals surface area contributed by atoms with Gasteiger partial charge in [-0.05, 0) is 12.1 Å². The number of methoxy groups -OCH3 is 1. The fraction of sp³-hybridized carbons (Fsp3) is 0.182. The summed E-state index contributed by atoms with van der Waals surface area (Å²) in [5, 5.41) is 4.08. The molecule has 0 spiro atoms. The van der Waals surface area contributed by atoms with Gasteiger partial charge >= 0.3 is 0 Å². The van der Waals surface area contributed by atoms with E-state index in [1.807, 2.05) is 84.2 Å². The summed E-state index contributed by atoms with van der Waals surface area (Å²) in [5.41, 5.74) is 2.50. The Hall–Kier alpha value is -3.54. The Labute approximate surface area is 163 Å². The fourth-order valence-corrected chi connectivity index (χ4v) is 3.57. The number of amides is 1. The Balaban J connectivity index is 1.78. The first-order valence-corrected chi connectivity index (χ1v) is 9.05. The van der Waals surface area contributed by atoms with E-state index in [-0.39, 0.29) is 5.91 Å². The molecule has 1 atom stereocenters. The fourth-order valence-electron chi connectivity index (χ4n) is 3.57. The van der Waals surface area contributed by atoms with Gasteiger partial charge in [-0.2, -0.15) is 0 Å². The highest BCUT2D eigenvalue weighted by atomic mass is 16.5. The van der Waals surface area contributed by atoms with Gasteiger partial charge in [0.1, 0.15) is 17.6 Å². The number of carbonyl (C=O) groups is 1. The number of nitrogens with one attached hydrogen (secondary N) is 1. The number of benzene rings is 2. The Morgan fingerprint density at radius 3 is 2.57 bits per heavy atom. The largest absolute Gasteiger partial charge is 0.496 e. The minimum atomic E-state index is -0.442. The van der Waals surface area contributed by atoms with Crippen LogP contribution in [0.1, 0.15) is 27.8 Å². The van der Waals surface area contributed by atoms with Crippen LogP contribution in [-0.4, -0.2) is 27.1 Å². The third-order valence-corrected chi connectivity index (χ3v) is 4.98. The number of fused-ring (bicyclic) bond motifs is 1. The van der Waals surface area contributed by atoms with Crippen molar-refractivity contribution >= 4 is 16.8 Å². The molecular formula is C22H22N4O2. The Bertz CT molecular complexity index is 1140. The molecular weight excluding hydrogens is 352 g/mol. The zero-order valence-corrected chi connectivity index (χ0v) is 16.1. The van der Waals surface area contributed by atoms with Crippen molar-refractivity contribution in [1.29, 1.82) is 0 Å². The van der Waals surface area contributed by atoms with Gasteiger partial charge in [0.05, 0.1) is 12.7 Å². The Morgan fingerprint density at radius 1 is 1.07 bits per heavy atom. The van der Waals surface area contributed by atoms with Crippen molar-refractivity contribution in [2.75, 3.05) is 7.11 Å². The number of nitrogens with zero attached hydrogens (tertiary/aromatic N) is 3. The zero-order chi connectivity index (χ0) is 19.7. The number of aromatic nitrogens is 3. The lowest BCUT2D eigenvalue weighted by Gasteiger charge is -2.21. The molecule has 0 saturated carbocycles. The van der Waals surface area contributed by atoms with E-state index in [0.717, 1.165) is 22.3 Å². The van der Waals surface area contributed by atoms with Crippen molar-refractivity contribution in [3.63, 3.8) is 0 Å². The van der Waals surface area contributed by atoms with Crippen molar-refractivity contribution in [1.82, 2.24) is 19.4 Å². The van der Waals surface area contributed by atoms with Crippen LogP contribution in [0.15, 0.2) is 67.1 Å². The van der Waals surface area contributed by atoms with E-state index in [2.05, 4.69) is 10.3 Å². The molecule has 2 aromatic heterocycles. The van der Waals surface area contributed by atoms with E-state index >= 15 is 0 Å². The normalized spacial score (nSPS) is 12.1. The smallest absolute Gasteiger partial charge is 0.254 e. The second kappa shape index (κ2) is 7.23. The van der Waals surface area contributed by atoms with E-state index in [9.17, 15) is 4.79 Å². The first-order chi connectivity index (χ1) is 13.6. The summed E-state index contributed by atoms with van der Waals surface area (Å²) < 4.78 is 9.40. The number of para-hydroxylation sites is 2. The average molecular weight is 374 g/mol. The monoisotopic (exact) mass is 374 g/mol. The summed E-state index contributed by atoms with van der Waals surface area (Å²) in [7, 11) is 5.48. The zero-order valence-electron chi connectivity index (χ0n) is 16.1. The highest BCUT2D eigenvalue weighted by molar-refractivity contribution is 6.07. The summed E-state index contributed by atoms with van der Waals surface area (Å²) in [5.74, 6) is 1.28. The first kappa shape index (κ1) is 17.9. The van der Waals surface area contributed by atoms with Crippen LogP contribution in [0.2, 0.25) is 0 Å². The average Bonchev–Trinajstić information content (AvgIpc) is 3.29. The van der Waals surface area contributed by atoms with Gasteiger partial charge in [-0.1, -0.05) is 36.4 Å². The second-order valence-corrected chi connectivity index (χ2v) is 6.72. The number of aryl methyl sites for hydroxylation is 2. The van der Waals surface area contributed by atoms with Crippen LogP contribution in [0.5, 0.6) is 5.75 Å². The second-order valence-electron chi connectivity index (χ2n) is 6.72. The number of ether oxygens (including phenoxy) is 1. The lowest BCUT2D eigenvalue weighted by atomic mass is 10.0. The Kier molecular flexibility index (Phi) is 4.61. The summed E-state index contributed by atoms with van der Waals surface area (Å²) in [6, 6.07) is 15.1. The van der Waals surface area contributed by atoms with Gasteiger partial charge in [0, 0.05) is 49.2 Å². The van der Waals surface area contributed by atoms with Crippen LogP contribution >= 0.6 is 0 Å². The van der Waals surface area contributed by atoms with E-state index < -0.39 is 6.04 Å². The number of carbonyl (C=O) groups excluding carboxylic acids is 1. The van der Waals surface area contributed by atoms with Crippen LogP contribution in [0.3, 0.4) is 0 Å². The topological polar surface area (TPSA) is 61.1 Å².